The summed E-state index contributed by atoms with van der Waals surface area (Å²) in [7, 11) is 0. The second-order valence-electron chi connectivity index (χ2n) is 2.94. The van der Waals surface area contributed by atoms with Crippen LogP contribution in [0, 0.1) is 0 Å². The smallest absolute Gasteiger partial charge is 0.331 e. The van der Waals surface area contributed by atoms with Gasteiger partial charge in [0.2, 0.25) is 0 Å². The van der Waals surface area contributed by atoms with Crippen LogP contribution in [0.3, 0.4) is 0 Å². The van der Waals surface area contributed by atoms with E-state index < -0.39 is 11.9 Å². The number of hydrogen-bond acceptors (Lipinski definition) is 2. The van der Waals surface area contributed by atoms with Gasteiger partial charge in [0.05, 0.1) is 6.42 Å². The number of carboxylic acids is 2. The van der Waals surface area contributed by atoms with Crippen LogP contribution in [0.5, 0.6) is 0 Å². The first kappa shape index (κ1) is 13.2. The first-order valence-corrected chi connectivity index (χ1v) is 4.40. The zero-order chi connectivity index (χ0) is 11.8. The molecular formula is C11H14O4. The summed E-state index contributed by atoms with van der Waals surface area (Å²) in [6.45, 7) is 6.90. The lowest BCUT2D eigenvalue weighted by Crippen LogP contribution is -2.07. The lowest BCUT2D eigenvalue weighted by Gasteiger charge is -2.07. The van der Waals surface area contributed by atoms with Crippen LogP contribution >= 0.6 is 0 Å². The molecule has 0 aromatic carbocycles. The Morgan fingerprint density at radius 2 is 1.60 bits per heavy atom. The topological polar surface area (TPSA) is 74.6 Å². The molecule has 0 saturated carbocycles. The predicted octanol–water partition coefficient (Wildman–Crippen LogP) is 1.99. The predicted molar refractivity (Wildman–Crippen MR) is 56.5 cm³/mol. The van der Waals surface area contributed by atoms with Crippen molar-refractivity contribution in [2.24, 2.45) is 0 Å². The normalized spacial score (nSPS) is 11.5. The number of carbonyl (C=O) groups is 2. The summed E-state index contributed by atoms with van der Waals surface area (Å²) in [5.74, 6) is -2.15. The van der Waals surface area contributed by atoms with Crippen LogP contribution in [0.25, 0.3) is 0 Å². The molecule has 4 heteroatoms. The van der Waals surface area contributed by atoms with Gasteiger partial charge < -0.3 is 10.2 Å². The number of allylic oxidation sites excluding steroid dienone is 2. The minimum atomic E-state index is -1.10. The highest BCUT2D eigenvalue weighted by molar-refractivity contribution is 5.89. The standard InChI is InChI=1S/C11H14O4/c1-3-5-8(7-10(12)13)9(6-4-2)11(14)15/h3-4H,1-2,5-7H2,(H,12,13)(H,14,15). The Kier molecular flexibility index (Phi) is 5.78. The van der Waals surface area contributed by atoms with E-state index in [2.05, 4.69) is 13.2 Å². The molecule has 15 heavy (non-hydrogen) atoms. The first-order valence-electron chi connectivity index (χ1n) is 4.40. The Balaban J connectivity index is 5.11. The SMILES string of the molecule is C=CCC(CC(=O)O)=C(CC=C)C(=O)O. The number of aliphatic carboxylic acids is 2. The molecule has 0 spiro atoms. The van der Waals surface area contributed by atoms with Crippen LogP contribution in [0.2, 0.25) is 0 Å². The fourth-order valence-corrected chi connectivity index (χ4v) is 1.19. The monoisotopic (exact) mass is 210 g/mol. The molecule has 4 nitrogen and oxygen atoms in total. The second kappa shape index (κ2) is 6.59. The van der Waals surface area contributed by atoms with Gasteiger partial charge in [-0.05, 0) is 18.4 Å². The van der Waals surface area contributed by atoms with Crippen LogP contribution in [-0.2, 0) is 9.59 Å². The minimum Gasteiger partial charge on any atom is -0.481 e. The Morgan fingerprint density at radius 3 is 1.93 bits per heavy atom. The Bertz CT molecular complexity index is 313. The molecule has 0 radical (unpaired) electrons. The van der Waals surface area contributed by atoms with Gasteiger partial charge in [0, 0.05) is 5.57 Å². The van der Waals surface area contributed by atoms with Gasteiger partial charge in [-0.1, -0.05) is 12.2 Å². The van der Waals surface area contributed by atoms with E-state index in [1.165, 1.54) is 12.2 Å². The first-order chi connectivity index (χ1) is 7.02. The highest BCUT2D eigenvalue weighted by Gasteiger charge is 2.14. The van der Waals surface area contributed by atoms with Gasteiger partial charge in [-0.15, -0.1) is 13.2 Å². The zero-order valence-electron chi connectivity index (χ0n) is 8.40. The molecule has 2 N–H and O–H groups in total. The van der Waals surface area contributed by atoms with E-state index in [0.717, 1.165) is 0 Å². The number of rotatable bonds is 7. The van der Waals surface area contributed by atoms with Gasteiger partial charge in [0.25, 0.3) is 0 Å². The molecule has 0 unspecified atom stereocenters. The summed E-state index contributed by atoms with van der Waals surface area (Å²) in [4.78, 5) is 21.4. The van der Waals surface area contributed by atoms with Gasteiger partial charge in [-0.3, -0.25) is 4.79 Å². The Morgan fingerprint density at radius 1 is 1.07 bits per heavy atom. The van der Waals surface area contributed by atoms with Crippen LogP contribution in [0.15, 0.2) is 36.5 Å². The third-order valence-corrected chi connectivity index (χ3v) is 1.79. The Labute approximate surface area is 88.2 Å². The largest absolute Gasteiger partial charge is 0.481 e. The quantitative estimate of drug-likeness (QED) is 0.497. The van der Waals surface area contributed by atoms with Crippen molar-refractivity contribution in [1.82, 2.24) is 0 Å². The molecule has 0 saturated heterocycles. The lowest BCUT2D eigenvalue weighted by molar-refractivity contribution is -0.136. The number of carboxylic acid groups (broad SMARTS) is 2. The molecule has 0 fully saturated rings. The molecule has 0 heterocycles. The fourth-order valence-electron chi connectivity index (χ4n) is 1.19. The van der Waals surface area contributed by atoms with E-state index in [0.29, 0.717) is 5.57 Å². The van der Waals surface area contributed by atoms with Crippen LogP contribution in [0.4, 0.5) is 0 Å². The zero-order valence-corrected chi connectivity index (χ0v) is 8.40. The van der Waals surface area contributed by atoms with Crippen molar-refractivity contribution in [3.8, 4) is 0 Å². The molecule has 0 bridgehead atoms. The molecule has 0 aliphatic carbocycles. The summed E-state index contributed by atoms with van der Waals surface area (Å²) in [6, 6.07) is 0. The molecule has 0 atom stereocenters. The average Bonchev–Trinajstić information content (AvgIpc) is 2.12. The molecular weight excluding hydrogens is 196 g/mol. The minimum absolute atomic E-state index is 0.0901. The van der Waals surface area contributed by atoms with Gasteiger partial charge in [-0.2, -0.15) is 0 Å². The second-order valence-corrected chi connectivity index (χ2v) is 2.94. The van der Waals surface area contributed by atoms with Gasteiger partial charge >= 0.3 is 11.9 Å². The van der Waals surface area contributed by atoms with Crippen molar-refractivity contribution in [2.75, 3.05) is 0 Å². The summed E-state index contributed by atoms with van der Waals surface area (Å²) < 4.78 is 0. The summed E-state index contributed by atoms with van der Waals surface area (Å²) in [5, 5.41) is 17.5. The van der Waals surface area contributed by atoms with Gasteiger partial charge in [-0.25, -0.2) is 4.79 Å². The van der Waals surface area contributed by atoms with Gasteiger partial charge in [0.15, 0.2) is 0 Å². The molecule has 0 aliphatic heterocycles. The van der Waals surface area contributed by atoms with Crippen molar-refractivity contribution in [1.29, 1.82) is 0 Å². The molecule has 0 aromatic rings. The number of hydrogen-bond donors (Lipinski definition) is 2. The highest BCUT2D eigenvalue weighted by atomic mass is 16.4. The van der Waals surface area contributed by atoms with Crippen LogP contribution in [0.1, 0.15) is 19.3 Å². The maximum Gasteiger partial charge on any atom is 0.331 e. The fraction of sp³-hybridized carbons (Fsp3) is 0.273. The third-order valence-electron chi connectivity index (χ3n) is 1.79. The molecule has 0 amide bonds. The Hall–Kier alpha value is -1.84. The van der Waals surface area contributed by atoms with Crippen molar-refractivity contribution >= 4 is 11.9 Å². The van der Waals surface area contributed by atoms with Gasteiger partial charge in [0.1, 0.15) is 0 Å². The lowest BCUT2D eigenvalue weighted by atomic mass is 9.99. The van der Waals surface area contributed by atoms with E-state index in [1.807, 2.05) is 0 Å². The van der Waals surface area contributed by atoms with E-state index >= 15 is 0 Å². The van der Waals surface area contributed by atoms with E-state index in [1.54, 1.807) is 0 Å². The summed E-state index contributed by atoms with van der Waals surface area (Å²) in [6.07, 6.45) is 3.08. The molecule has 0 aliphatic rings. The summed E-state index contributed by atoms with van der Waals surface area (Å²) in [5.41, 5.74) is 0.456. The van der Waals surface area contributed by atoms with Crippen molar-refractivity contribution in [3.63, 3.8) is 0 Å². The molecule has 82 valence electrons. The summed E-state index contributed by atoms with van der Waals surface area (Å²) >= 11 is 0. The van der Waals surface area contributed by atoms with Crippen molar-refractivity contribution < 1.29 is 19.8 Å². The maximum absolute atomic E-state index is 10.9. The highest BCUT2D eigenvalue weighted by Crippen LogP contribution is 2.17. The third kappa shape index (κ3) is 4.81. The average molecular weight is 210 g/mol. The van der Waals surface area contributed by atoms with E-state index in [9.17, 15) is 9.59 Å². The van der Waals surface area contributed by atoms with E-state index in [4.69, 9.17) is 10.2 Å². The van der Waals surface area contributed by atoms with E-state index in [-0.39, 0.29) is 24.8 Å². The van der Waals surface area contributed by atoms with Crippen molar-refractivity contribution in [2.45, 2.75) is 19.3 Å². The molecule has 0 aromatic heterocycles. The van der Waals surface area contributed by atoms with Crippen LogP contribution in [-0.4, -0.2) is 22.2 Å². The maximum atomic E-state index is 10.9. The molecule has 0 rings (SSSR count). The van der Waals surface area contributed by atoms with Crippen molar-refractivity contribution in [3.05, 3.63) is 36.5 Å². The van der Waals surface area contributed by atoms with Crippen LogP contribution < -0.4 is 0 Å².